The van der Waals surface area contributed by atoms with Crippen molar-refractivity contribution in [3.63, 3.8) is 0 Å². The Morgan fingerprint density at radius 3 is 3.30 bits per heavy atom. The van der Waals surface area contributed by atoms with Gasteiger partial charge in [0, 0.05) is 18.8 Å². The highest BCUT2D eigenvalue weighted by molar-refractivity contribution is 5.43. The van der Waals surface area contributed by atoms with E-state index in [0.29, 0.717) is 6.54 Å². The third-order valence-corrected chi connectivity index (χ3v) is 1.52. The van der Waals surface area contributed by atoms with Crippen LogP contribution in [0.2, 0.25) is 0 Å². The average molecular weight is 134 g/mol. The van der Waals surface area contributed by atoms with Crippen molar-refractivity contribution >= 4 is 6.08 Å². The van der Waals surface area contributed by atoms with Gasteiger partial charge in [0.1, 0.15) is 5.82 Å². The van der Waals surface area contributed by atoms with Gasteiger partial charge in [0.2, 0.25) is 0 Å². The second-order valence-corrected chi connectivity index (χ2v) is 2.15. The molecule has 1 aliphatic rings. The molecule has 0 N–H and O–H groups in total. The maximum atomic E-state index is 11.0. The highest BCUT2D eigenvalue weighted by Gasteiger charge is 2.03. The van der Waals surface area contributed by atoms with Crippen molar-refractivity contribution in [1.82, 2.24) is 9.55 Å². The second kappa shape index (κ2) is 1.80. The molecule has 0 aliphatic carbocycles. The fourth-order valence-corrected chi connectivity index (χ4v) is 1.03. The van der Waals surface area contributed by atoms with Crippen LogP contribution in [0.5, 0.6) is 0 Å². The molecule has 0 fully saturated rings. The number of rotatable bonds is 0. The first-order valence-corrected chi connectivity index (χ1v) is 3.10. The van der Waals surface area contributed by atoms with E-state index in [1.165, 1.54) is 12.3 Å². The van der Waals surface area contributed by atoms with E-state index in [-0.39, 0.29) is 5.56 Å². The van der Waals surface area contributed by atoms with Crippen molar-refractivity contribution in [1.29, 1.82) is 0 Å². The van der Waals surface area contributed by atoms with E-state index in [2.05, 4.69) is 4.98 Å². The predicted octanol–water partition coefficient (Wildman–Crippen LogP) is 0.270. The molecule has 0 saturated carbocycles. The van der Waals surface area contributed by atoms with Crippen molar-refractivity contribution in [2.75, 3.05) is 0 Å². The Kier molecular flexibility index (Phi) is 0.974. The fourth-order valence-electron chi connectivity index (χ4n) is 1.03. The van der Waals surface area contributed by atoms with Crippen LogP contribution in [0.15, 0.2) is 23.1 Å². The molecule has 0 aromatic carbocycles. The molecular weight excluding hydrogens is 128 g/mol. The summed E-state index contributed by atoms with van der Waals surface area (Å²) < 4.78 is 1.62. The number of hydrogen-bond acceptors (Lipinski definition) is 2. The molecule has 0 radical (unpaired) electrons. The Bertz CT molecular complexity index is 338. The van der Waals surface area contributed by atoms with Crippen LogP contribution in [0.1, 0.15) is 5.82 Å². The fraction of sp³-hybridized carbons (Fsp3) is 0.143. The van der Waals surface area contributed by atoms with E-state index in [1.807, 2.05) is 12.2 Å². The summed E-state index contributed by atoms with van der Waals surface area (Å²) in [5, 5.41) is 0. The smallest absolute Gasteiger partial charge is 0.253 e. The molecule has 0 atom stereocenters. The lowest BCUT2D eigenvalue weighted by molar-refractivity contribution is 0.766. The Morgan fingerprint density at radius 1 is 1.60 bits per heavy atom. The first kappa shape index (κ1) is 5.41. The van der Waals surface area contributed by atoms with E-state index in [9.17, 15) is 4.79 Å². The molecule has 0 bridgehead atoms. The molecule has 2 heterocycles. The Balaban J connectivity index is 2.77. The summed E-state index contributed by atoms with van der Waals surface area (Å²) in [7, 11) is 0. The van der Waals surface area contributed by atoms with Gasteiger partial charge in [-0.1, -0.05) is 6.08 Å². The molecule has 2 rings (SSSR count). The average Bonchev–Trinajstić information content (AvgIpc) is 2.36. The zero-order chi connectivity index (χ0) is 6.97. The minimum absolute atomic E-state index is 0.0231. The summed E-state index contributed by atoms with van der Waals surface area (Å²) in [6.45, 7) is 0.669. The minimum Gasteiger partial charge on any atom is -0.289 e. The number of nitrogens with zero attached hydrogens (tertiary/aromatic N) is 2. The second-order valence-electron chi connectivity index (χ2n) is 2.15. The van der Waals surface area contributed by atoms with E-state index >= 15 is 0 Å². The standard InChI is InChI=1S/C7H6N2O/c10-7-3-4-8-6-2-1-5-9(6)7/h1-4H,5H2. The molecule has 1 aliphatic heterocycles. The van der Waals surface area contributed by atoms with Crippen LogP contribution in [0, 0.1) is 0 Å². The molecule has 1 aromatic heterocycles. The molecule has 50 valence electrons. The Morgan fingerprint density at radius 2 is 2.50 bits per heavy atom. The van der Waals surface area contributed by atoms with Crippen molar-refractivity contribution < 1.29 is 0 Å². The Hall–Kier alpha value is -1.38. The van der Waals surface area contributed by atoms with E-state index in [0.717, 1.165) is 5.82 Å². The molecule has 0 unspecified atom stereocenters. The number of allylic oxidation sites excluding steroid dienone is 1. The van der Waals surface area contributed by atoms with Crippen LogP contribution in [0.25, 0.3) is 6.08 Å². The van der Waals surface area contributed by atoms with Gasteiger partial charge in [-0.3, -0.25) is 9.36 Å². The topological polar surface area (TPSA) is 34.9 Å². The van der Waals surface area contributed by atoms with E-state index in [1.54, 1.807) is 4.57 Å². The zero-order valence-electron chi connectivity index (χ0n) is 5.32. The first-order valence-electron chi connectivity index (χ1n) is 3.10. The highest BCUT2D eigenvalue weighted by atomic mass is 16.1. The SMILES string of the molecule is O=c1ccnc2n1CC=C2. The lowest BCUT2D eigenvalue weighted by atomic mass is 10.5. The van der Waals surface area contributed by atoms with E-state index in [4.69, 9.17) is 0 Å². The molecule has 1 aromatic rings. The molecule has 0 saturated heterocycles. The van der Waals surface area contributed by atoms with Crippen LogP contribution in [0.4, 0.5) is 0 Å². The van der Waals surface area contributed by atoms with Gasteiger partial charge in [-0.2, -0.15) is 0 Å². The quantitative estimate of drug-likeness (QED) is 0.510. The van der Waals surface area contributed by atoms with Crippen LogP contribution in [-0.2, 0) is 6.54 Å². The molecular formula is C7H6N2O. The maximum absolute atomic E-state index is 11.0. The third kappa shape index (κ3) is 0.603. The third-order valence-electron chi connectivity index (χ3n) is 1.52. The van der Waals surface area contributed by atoms with Gasteiger partial charge in [-0.15, -0.1) is 0 Å². The number of fused-ring (bicyclic) bond motifs is 1. The van der Waals surface area contributed by atoms with Gasteiger partial charge in [0.05, 0.1) is 0 Å². The van der Waals surface area contributed by atoms with Crippen molar-refractivity contribution in [2.24, 2.45) is 0 Å². The van der Waals surface area contributed by atoms with E-state index < -0.39 is 0 Å². The van der Waals surface area contributed by atoms with Crippen molar-refractivity contribution in [3.05, 3.63) is 34.5 Å². The van der Waals surface area contributed by atoms with Gasteiger partial charge in [-0.05, 0) is 6.08 Å². The summed E-state index contributed by atoms with van der Waals surface area (Å²) in [6, 6.07) is 1.47. The predicted molar refractivity (Wildman–Crippen MR) is 37.5 cm³/mol. The minimum atomic E-state index is 0.0231. The molecule has 3 heteroatoms. The largest absolute Gasteiger partial charge is 0.289 e. The lowest BCUT2D eigenvalue weighted by Gasteiger charge is -1.97. The molecule has 0 spiro atoms. The van der Waals surface area contributed by atoms with Gasteiger partial charge in [0.25, 0.3) is 5.56 Å². The molecule has 3 nitrogen and oxygen atoms in total. The van der Waals surface area contributed by atoms with Gasteiger partial charge in [0.15, 0.2) is 0 Å². The van der Waals surface area contributed by atoms with Crippen LogP contribution in [-0.4, -0.2) is 9.55 Å². The van der Waals surface area contributed by atoms with Crippen LogP contribution < -0.4 is 5.56 Å². The zero-order valence-corrected chi connectivity index (χ0v) is 5.32. The molecule has 0 amide bonds. The highest BCUT2D eigenvalue weighted by Crippen LogP contribution is 2.02. The van der Waals surface area contributed by atoms with Crippen LogP contribution >= 0.6 is 0 Å². The van der Waals surface area contributed by atoms with Gasteiger partial charge < -0.3 is 0 Å². The monoisotopic (exact) mass is 134 g/mol. The Labute approximate surface area is 57.6 Å². The number of hydrogen-bond donors (Lipinski definition) is 0. The van der Waals surface area contributed by atoms with Gasteiger partial charge in [-0.25, -0.2) is 4.98 Å². The maximum Gasteiger partial charge on any atom is 0.253 e. The van der Waals surface area contributed by atoms with Crippen molar-refractivity contribution in [2.45, 2.75) is 6.54 Å². The summed E-state index contributed by atoms with van der Waals surface area (Å²) in [5.74, 6) is 0.757. The first-order chi connectivity index (χ1) is 4.88. The lowest BCUT2D eigenvalue weighted by Crippen LogP contribution is -2.18. The summed E-state index contributed by atoms with van der Waals surface area (Å²) in [5.41, 5.74) is 0.0231. The normalized spacial score (nSPS) is 13.6. The van der Waals surface area contributed by atoms with Crippen LogP contribution in [0.3, 0.4) is 0 Å². The summed E-state index contributed by atoms with van der Waals surface area (Å²) in [6.07, 6.45) is 5.30. The van der Waals surface area contributed by atoms with Gasteiger partial charge >= 0.3 is 0 Å². The molecule has 10 heavy (non-hydrogen) atoms. The summed E-state index contributed by atoms with van der Waals surface area (Å²) >= 11 is 0. The number of aromatic nitrogens is 2. The van der Waals surface area contributed by atoms with Crippen molar-refractivity contribution in [3.8, 4) is 0 Å². The summed E-state index contributed by atoms with van der Waals surface area (Å²) in [4.78, 5) is 15.0.